The van der Waals surface area contributed by atoms with Crippen LogP contribution in [0.3, 0.4) is 0 Å². The molecule has 7 nitrogen and oxygen atoms in total. The van der Waals surface area contributed by atoms with Crippen molar-refractivity contribution in [3.8, 4) is 0 Å². The molecular formula is C15H19N3O4S. The number of sulfonamides is 1. The Morgan fingerprint density at radius 3 is 2.13 bits per heavy atom. The number of carbonyl (C=O) groups excluding carboxylic acids is 2. The van der Waals surface area contributed by atoms with Gasteiger partial charge >= 0.3 is 0 Å². The molecule has 0 bridgehead atoms. The van der Waals surface area contributed by atoms with Gasteiger partial charge in [-0.1, -0.05) is 0 Å². The molecule has 0 saturated carbocycles. The first-order valence-electron chi connectivity index (χ1n) is 7.62. The van der Waals surface area contributed by atoms with E-state index in [-0.39, 0.29) is 10.8 Å². The van der Waals surface area contributed by atoms with E-state index in [1.807, 2.05) is 0 Å². The lowest BCUT2D eigenvalue weighted by Gasteiger charge is -2.31. The number of carbonyl (C=O) groups is 2. The van der Waals surface area contributed by atoms with Crippen molar-refractivity contribution >= 4 is 28.0 Å². The Labute approximate surface area is 135 Å². The molecule has 1 aromatic carbocycles. The van der Waals surface area contributed by atoms with Crippen LogP contribution in [0.2, 0.25) is 0 Å². The van der Waals surface area contributed by atoms with Crippen molar-refractivity contribution in [2.45, 2.75) is 17.7 Å². The van der Waals surface area contributed by atoms with Crippen molar-refractivity contribution in [3.05, 3.63) is 24.3 Å². The number of amides is 2. The summed E-state index contributed by atoms with van der Waals surface area (Å²) in [6.45, 7) is 2.09. The molecule has 2 amide bonds. The molecule has 2 heterocycles. The zero-order chi connectivity index (χ0) is 16.4. The standard InChI is InChI=1S/C15H19N3O4S/c19-12-16-8-10-17(11-9-16)23(21,22)14-5-3-13(4-6-14)18-7-1-2-15(18)20/h3-6,12H,1-2,7-11H2. The van der Waals surface area contributed by atoms with Crippen LogP contribution in [-0.4, -0.2) is 62.7 Å². The summed E-state index contributed by atoms with van der Waals surface area (Å²) in [7, 11) is -3.56. The average molecular weight is 337 g/mol. The number of piperazine rings is 1. The minimum absolute atomic E-state index is 0.0746. The quantitative estimate of drug-likeness (QED) is 0.739. The van der Waals surface area contributed by atoms with E-state index < -0.39 is 10.0 Å². The smallest absolute Gasteiger partial charge is 0.243 e. The maximum atomic E-state index is 12.6. The van der Waals surface area contributed by atoms with Gasteiger partial charge in [-0.05, 0) is 30.7 Å². The summed E-state index contributed by atoms with van der Waals surface area (Å²) in [6.07, 6.45) is 2.12. The van der Waals surface area contributed by atoms with Gasteiger partial charge in [-0.3, -0.25) is 9.59 Å². The van der Waals surface area contributed by atoms with E-state index in [2.05, 4.69) is 0 Å². The summed E-state index contributed by atoms with van der Waals surface area (Å²) in [5.41, 5.74) is 0.734. The summed E-state index contributed by atoms with van der Waals surface area (Å²) in [4.78, 5) is 25.9. The van der Waals surface area contributed by atoms with Crippen molar-refractivity contribution in [3.63, 3.8) is 0 Å². The van der Waals surface area contributed by atoms with Crippen LogP contribution in [0.25, 0.3) is 0 Å². The van der Waals surface area contributed by atoms with Crippen LogP contribution in [0.1, 0.15) is 12.8 Å². The highest BCUT2D eigenvalue weighted by atomic mass is 32.2. The molecule has 0 aromatic heterocycles. The van der Waals surface area contributed by atoms with Crippen molar-refractivity contribution in [2.24, 2.45) is 0 Å². The predicted molar refractivity (Wildman–Crippen MR) is 84.4 cm³/mol. The van der Waals surface area contributed by atoms with E-state index >= 15 is 0 Å². The van der Waals surface area contributed by atoms with Gasteiger partial charge in [0.25, 0.3) is 0 Å². The van der Waals surface area contributed by atoms with Gasteiger partial charge in [0.1, 0.15) is 0 Å². The van der Waals surface area contributed by atoms with Gasteiger partial charge in [-0.2, -0.15) is 4.31 Å². The van der Waals surface area contributed by atoms with Gasteiger partial charge in [0.2, 0.25) is 22.3 Å². The molecule has 8 heteroatoms. The lowest BCUT2D eigenvalue weighted by atomic mass is 10.3. The molecule has 2 aliphatic heterocycles. The maximum Gasteiger partial charge on any atom is 0.243 e. The molecule has 124 valence electrons. The minimum Gasteiger partial charge on any atom is -0.343 e. The van der Waals surface area contributed by atoms with E-state index in [0.717, 1.165) is 18.5 Å². The highest BCUT2D eigenvalue weighted by Crippen LogP contribution is 2.24. The first-order chi connectivity index (χ1) is 11.0. The van der Waals surface area contributed by atoms with Gasteiger partial charge in [0.15, 0.2) is 0 Å². The zero-order valence-electron chi connectivity index (χ0n) is 12.7. The van der Waals surface area contributed by atoms with E-state index in [1.165, 1.54) is 4.31 Å². The van der Waals surface area contributed by atoms with Gasteiger partial charge in [0, 0.05) is 44.8 Å². The number of hydrogen-bond acceptors (Lipinski definition) is 4. The van der Waals surface area contributed by atoms with Crippen LogP contribution in [0, 0.1) is 0 Å². The van der Waals surface area contributed by atoms with Crippen LogP contribution < -0.4 is 4.90 Å². The molecule has 2 aliphatic rings. The summed E-state index contributed by atoms with van der Waals surface area (Å²) in [5.74, 6) is 0.0746. The largest absolute Gasteiger partial charge is 0.343 e. The molecule has 0 N–H and O–H groups in total. The molecule has 1 aromatic rings. The van der Waals surface area contributed by atoms with E-state index in [4.69, 9.17) is 0 Å². The van der Waals surface area contributed by atoms with Crippen LogP contribution in [-0.2, 0) is 19.6 Å². The van der Waals surface area contributed by atoms with Gasteiger partial charge in [-0.25, -0.2) is 8.42 Å². The summed E-state index contributed by atoms with van der Waals surface area (Å²) < 4.78 is 26.6. The summed E-state index contributed by atoms with van der Waals surface area (Å²) in [5, 5.41) is 0. The molecule has 0 spiro atoms. The van der Waals surface area contributed by atoms with Crippen LogP contribution in [0.5, 0.6) is 0 Å². The number of nitrogens with zero attached hydrogens (tertiary/aromatic N) is 3. The van der Waals surface area contributed by atoms with Crippen molar-refractivity contribution in [1.82, 2.24) is 9.21 Å². The minimum atomic E-state index is -3.56. The van der Waals surface area contributed by atoms with Crippen LogP contribution in [0.4, 0.5) is 5.69 Å². The monoisotopic (exact) mass is 337 g/mol. The summed E-state index contributed by atoms with van der Waals surface area (Å²) >= 11 is 0. The molecule has 0 aliphatic carbocycles. The average Bonchev–Trinajstić information content (AvgIpc) is 3.01. The van der Waals surface area contributed by atoms with Gasteiger partial charge < -0.3 is 9.80 Å². The van der Waals surface area contributed by atoms with Gasteiger partial charge in [0.05, 0.1) is 4.90 Å². The van der Waals surface area contributed by atoms with Crippen molar-refractivity contribution in [2.75, 3.05) is 37.6 Å². The molecule has 0 unspecified atom stereocenters. The third kappa shape index (κ3) is 3.09. The first-order valence-corrected chi connectivity index (χ1v) is 9.06. The second-order valence-electron chi connectivity index (χ2n) is 5.69. The lowest BCUT2D eigenvalue weighted by Crippen LogP contribution is -2.47. The van der Waals surface area contributed by atoms with Crippen LogP contribution >= 0.6 is 0 Å². The number of rotatable bonds is 4. The summed E-state index contributed by atoms with van der Waals surface area (Å²) in [6, 6.07) is 6.44. The third-order valence-corrected chi connectivity index (χ3v) is 6.19. The molecule has 2 fully saturated rings. The Kier molecular flexibility index (Phi) is 4.36. The number of anilines is 1. The second kappa shape index (κ2) is 6.29. The highest BCUT2D eigenvalue weighted by molar-refractivity contribution is 7.89. The molecule has 0 radical (unpaired) electrons. The Morgan fingerprint density at radius 2 is 1.61 bits per heavy atom. The highest BCUT2D eigenvalue weighted by Gasteiger charge is 2.28. The lowest BCUT2D eigenvalue weighted by molar-refractivity contribution is -0.119. The van der Waals surface area contributed by atoms with Gasteiger partial charge in [-0.15, -0.1) is 0 Å². The molecule has 23 heavy (non-hydrogen) atoms. The molecule has 3 rings (SSSR count). The fraction of sp³-hybridized carbons (Fsp3) is 0.467. The fourth-order valence-electron chi connectivity index (χ4n) is 2.92. The van der Waals surface area contributed by atoms with E-state index in [1.54, 1.807) is 34.1 Å². The second-order valence-corrected chi connectivity index (χ2v) is 7.63. The van der Waals surface area contributed by atoms with Crippen LogP contribution in [0.15, 0.2) is 29.2 Å². The fourth-order valence-corrected chi connectivity index (χ4v) is 4.34. The Hall–Kier alpha value is -1.93. The Bertz CT molecular complexity index is 694. The molecule has 2 saturated heterocycles. The number of benzene rings is 1. The Balaban J connectivity index is 1.75. The Morgan fingerprint density at radius 1 is 0.957 bits per heavy atom. The topological polar surface area (TPSA) is 78.0 Å². The third-order valence-electron chi connectivity index (χ3n) is 4.28. The van der Waals surface area contributed by atoms with Crippen molar-refractivity contribution < 1.29 is 18.0 Å². The molecule has 0 atom stereocenters. The zero-order valence-corrected chi connectivity index (χ0v) is 13.5. The molecular weight excluding hydrogens is 318 g/mol. The normalized spacial score (nSPS) is 20.1. The maximum absolute atomic E-state index is 12.6. The predicted octanol–water partition coefficient (Wildman–Crippen LogP) is 0.276. The SMILES string of the molecule is O=CN1CCN(S(=O)(=O)c2ccc(N3CCCC3=O)cc2)CC1. The van der Waals surface area contributed by atoms with E-state index in [0.29, 0.717) is 39.1 Å². The number of hydrogen-bond donors (Lipinski definition) is 0. The first kappa shape index (κ1) is 15.9. The van der Waals surface area contributed by atoms with E-state index in [9.17, 15) is 18.0 Å². The van der Waals surface area contributed by atoms with Crippen molar-refractivity contribution in [1.29, 1.82) is 0 Å².